The van der Waals surface area contributed by atoms with Crippen molar-refractivity contribution in [3.05, 3.63) is 91.0 Å². The quantitative estimate of drug-likeness (QED) is 0.427. The first-order valence-corrected chi connectivity index (χ1v) is 9.23. The van der Waals surface area contributed by atoms with Gasteiger partial charge in [0.15, 0.2) is 0 Å². The summed E-state index contributed by atoms with van der Waals surface area (Å²) in [6.07, 6.45) is 5.06. The lowest BCUT2D eigenvalue weighted by Gasteiger charge is -2.36. The van der Waals surface area contributed by atoms with Gasteiger partial charge >= 0.3 is 5.97 Å². The summed E-state index contributed by atoms with van der Waals surface area (Å²) >= 11 is 0. The van der Waals surface area contributed by atoms with Crippen LogP contribution in [-0.2, 0) is 15.1 Å². The summed E-state index contributed by atoms with van der Waals surface area (Å²) in [7, 11) is 0. The topological polar surface area (TPSA) is 38.3 Å². The van der Waals surface area contributed by atoms with Crippen LogP contribution in [0.2, 0.25) is 0 Å². The van der Waals surface area contributed by atoms with Crippen molar-refractivity contribution in [3.8, 4) is 0 Å². The number of hydrogen-bond donors (Lipinski definition) is 1. The van der Waals surface area contributed by atoms with Crippen LogP contribution >= 0.6 is 0 Å². The van der Waals surface area contributed by atoms with Crippen LogP contribution < -0.4 is 5.32 Å². The minimum Gasteiger partial charge on any atom is -0.466 e. The van der Waals surface area contributed by atoms with Crippen LogP contribution in [0.3, 0.4) is 0 Å². The third-order valence-corrected chi connectivity index (χ3v) is 4.60. The van der Waals surface area contributed by atoms with Gasteiger partial charge in [0.1, 0.15) is 0 Å². The Hall–Kier alpha value is -2.81. The van der Waals surface area contributed by atoms with E-state index >= 15 is 0 Å². The van der Waals surface area contributed by atoms with E-state index < -0.39 is 17.4 Å². The van der Waals surface area contributed by atoms with Gasteiger partial charge in [-0.3, -0.25) is 4.79 Å². The highest BCUT2D eigenvalue weighted by Gasteiger charge is 2.31. The molecule has 0 aromatic heterocycles. The molecular weight excluding hydrogens is 334 g/mol. The van der Waals surface area contributed by atoms with Gasteiger partial charge in [0.25, 0.3) is 0 Å². The highest BCUT2D eigenvalue weighted by atomic mass is 16.5. The molecule has 2 aromatic rings. The van der Waals surface area contributed by atoms with Gasteiger partial charge in [-0.1, -0.05) is 60.7 Å². The molecule has 0 aliphatic rings. The first-order valence-electron chi connectivity index (χ1n) is 9.73. The fourth-order valence-electron chi connectivity index (χ4n) is 3.27. The second-order valence-electron chi connectivity index (χ2n) is 6.45. The Labute approximate surface area is 164 Å². The van der Waals surface area contributed by atoms with Crippen molar-refractivity contribution >= 4 is 11.7 Å². The van der Waals surface area contributed by atoms with Crippen LogP contribution in [0.5, 0.6) is 0 Å². The molecule has 2 aromatic carbocycles. The molecule has 142 valence electrons. The molecule has 0 saturated heterocycles. The van der Waals surface area contributed by atoms with Crippen LogP contribution in [0.1, 0.15) is 45.1 Å². The summed E-state index contributed by atoms with van der Waals surface area (Å²) in [6.45, 7) is 11.4. The first kappa shape index (κ1) is 19.0. The molecule has 0 amide bonds. The molecule has 0 fully saturated rings. The van der Waals surface area contributed by atoms with Gasteiger partial charge in [-0.05, 0) is 43.9 Å². The normalized spacial score (nSPS) is 13.8. The van der Waals surface area contributed by atoms with E-state index in [-0.39, 0.29) is 6.61 Å². The number of carbonyl (C=O) groups is 1. The van der Waals surface area contributed by atoms with Gasteiger partial charge in [0.05, 0.1) is 18.0 Å². The van der Waals surface area contributed by atoms with Crippen molar-refractivity contribution in [2.45, 2.75) is 38.1 Å². The fraction of sp³-hybridized carbons (Fsp3) is 0.292. The lowest BCUT2D eigenvalue weighted by Crippen LogP contribution is -2.35. The molecule has 0 bridgehead atoms. The van der Waals surface area contributed by atoms with Crippen LogP contribution in [0.15, 0.2) is 79.9 Å². The summed E-state index contributed by atoms with van der Waals surface area (Å²) in [5, 5.41) is 3.61. The number of anilines is 1. The van der Waals surface area contributed by atoms with Gasteiger partial charge < -0.3 is 10.1 Å². The highest BCUT2D eigenvalue weighted by molar-refractivity contribution is 5.80. The molecule has 1 unspecified atom stereocenters. The van der Waals surface area contributed by atoms with Crippen molar-refractivity contribution in [2.24, 2.45) is 0 Å². The summed E-state index contributed by atoms with van der Waals surface area (Å²) in [5.41, 5.74) is 1.90. The third-order valence-electron chi connectivity index (χ3n) is 4.60. The minimum absolute atomic E-state index is 0.240. The van der Waals surface area contributed by atoms with Crippen molar-refractivity contribution in [1.82, 2.24) is 0 Å². The Morgan fingerprint density at radius 3 is 2.33 bits per heavy atom. The van der Waals surface area contributed by atoms with Crippen molar-refractivity contribution in [3.63, 3.8) is 0 Å². The van der Waals surface area contributed by atoms with E-state index in [1.807, 2.05) is 48.6 Å². The predicted molar refractivity (Wildman–Crippen MR) is 113 cm³/mol. The van der Waals surface area contributed by atoms with Gasteiger partial charge in [-0.2, -0.15) is 0 Å². The summed E-state index contributed by atoms with van der Waals surface area (Å²) in [4.78, 5) is 12.4. The van der Waals surface area contributed by atoms with Crippen LogP contribution in [-0.4, -0.2) is 12.6 Å². The van der Waals surface area contributed by atoms with Gasteiger partial charge in [0, 0.05) is 7.06 Å². The zero-order chi connectivity index (χ0) is 20.6. The summed E-state index contributed by atoms with van der Waals surface area (Å²) < 4.78 is 13.8. The molecule has 3 nitrogen and oxygen atoms in total. The summed E-state index contributed by atoms with van der Waals surface area (Å²) in [6, 6.07) is 17.5. The number of nitrogens with one attached hydrogen (secondary N) is 1. The maximum absolute atomic E-state index is 12.4. The molecule has 27 heavy (non-hydrogen) atoms. The van der Waals surface area contributed by atoms with E-state index in [2.05, 4.69) is 30.6 Å². The Balaban J connectivity index is 2.55. The highest BCUT2D eigenvalue weighted by Crippen LogP contribution is 2.37. The number of hydrogen-bond acceptors (Lipinski definition) is 3. The third kappa shape index (κ3) is 4.88. The lowest BCUT2D eigenvalue weighted by atomic mass is 9.82. The molecule has 1 atom stereocenters. The zero-order valence-electron chi connectivity index (χ0n) is 17.2. The number of para-hydroxylation sites is 1. The molecular formula is C24H29NO2. The Bertz CT molecular complexity index is 804. The number of carbonyl (C=O) groups excluding carboxylic acids is 1. The maximum Gasteiger partial charge on any atom is 0.313 e. The second-order valence-corrected chi connectivity index (χ2v) is 6.45. The molecule has 1 N–H and O–H groups in total. The number of rotatable bonds is 10. The van der Waals surface area contributed by atoms with Gasteiger partial charge in [-0.25, -0.2) is 0 Å². The Morgan fingerprint density at radius 2 is 1.74 bits per heavy atom. The van der Waals surface area contributed by atoms with Crippen molar-refractivity contribution in [2.75, 3.05) is 11.9 Å². The van der Waals surface area contributed by atoms with Crippen LogP contribution in [0, 0.1) is 0 Å². The largest absolute Gasteiger partial charge is 0.466 e. The second kappa shape index (κ2) is 9.77. The predicted octanol–water partition coefficient (Wildman–Crippen LogP) is 5.81. The number of benzene rings is 2. The maximum atomic E-state index is 12.4. The average molecular weight is 365 g/mol. The lowest BCUT2D eigenvalue weighted by molar-refractivity contribution is -0.144. The molecule has 0 saturated carbocycles. The van der Waals surface area contributed by atoms with Crippen LogP contribution in [0.25, 0.3) is 0 Å². The van der Waals surface area contributed by atoms with Crippen molar-refractivity contribution in [1.29, 1.82) is 0 Å². The Morgan fingerprint density at radius 1 is 1.15 bits per heavy atom. The number of esters is 1. The SMILES string of the molecule is [2H]C(C)(C(=O)OCC)c1ccccc1NC(CC=C)(CC=C)c1ccccc1. The minimum atomic E-state index is -1.52. The van der Waals surface area contributed by atoms with E-state index in [0.717, 1.165) is 11.3 Å². The average Bonchev–Trinajstić information content (AvgIpc) is 2.69. The molecule has 0 aliphatic heterocycles. The van der Waals surface area contributed by atoms with Crippen molar-refractivity contribution < 1.29 is 10.9 Å². The summed E-state index contributed by atoms with van der Waals surface area (Å²) in [5.74, 6) is -2.09. The molecule has 0 heterocycles. The standard InChI is InChI=1S/C24H29NO2/c1-5-17-24(18-6-2,20-13-9-8-10-14-20)25-22-16-12-11-15-21(22)19(4)23(26)27-7-3/h5-6,8-16,19,25H,1-2,7,17-18H2,3-4H3/i19D. The van der Waals surface area contributed by atoms with E-state index in [1.165, 1.54) is 0 Å². The van der Waals surface area contributed by atoms with Crippen LogP contribution in [0.4, 0.5) is 5.69 Å². The molecule has 3 heteroatoms. The van der Waals surface area contributed by atoms with E-state index in [1.54, 1.807) is 19.9 Å². The van der Waals surface area contributed by atoms with E-state index in [4.69, 9.17) is 6.11 Å². The monoisotopic (exact) mass is 364 g/mol. The molecule has 0 radical (unpaired) electrons. The first-order chi connectivity index (χ1) is 13.4. The zero-order valence-corrected chi connectivity index (χ0v) is 16.2. The Kier molecular flexibility index (Phi) is 6.86. The molecule has 0 spiro atoms. The molecule has 0 aliphatic carbocycles. The smallest absolute Gasteiger partial charge is 0.313 e. The van der Waals surface area contributed by atoms with Gasteiger partial charge in [0.2, 0.25) is 0 Å². The van der Waals surface area contributed by atoms with Gasteiger partial charge in [-0.15, -0.1) is 13.2 Å². The van der Waals surface area contributed by atoms with E-state index in [9.17, 15) is 4.79 Å². The fourth-order valence-corrected chi connectivity index (χ4v) is 3.27. The van der Waals surface area contributed by atoms with E-state index in [0.29, 0.717) is 18.4 Å². The number of ether oxygens (including phenoxy) is 1. The molecule has 2 rings (SSSR count).